The van der Waals surface area contributed by atoms with Gasteiger partial charge in [0.15, 0.2) is 5.82 Å². The van der Waals surface area contributed by atoms with Gasteiger partial charge in [0.05, 0.1) is 11.2 Å². The number of fused-ring (bicyclic) bond motifs is 1. The minimum absolute atomic E-state index is 0.285. The number of aliphatic imine (C=N–C) groups is 1. The fourth-order valence-electron chi connectivity index (χ4n) is 1.65. The summed E-state index contributed by atoms with van der Waals surface area (Å²) in [5.41, 5.74) is 0. The minimum atomic E-state index is -1.57. The molecule has 0 amide bonds. The molecule has 1 aliphatic carbocycles. The predicted octanol–water partition coefficient (Wildman–Crippen LogP) is 1.73. The van der Waals surface area contributed by atoms with Crippen molar-refractivity contribution in [3.8, 4) is 0 Å². The summed E-state index contributed by atoms with van der Waals surface area (Å²) in [5, 5.41) is 8.63. The highest BCUT2D eigenvalue weighted by Gasteiger charge is 2.47. The molecular weight excluding hydrogens is 221 g/mol. The Labute approximate surface area is 87.1 Å². The molecule has 80 valence electrons. The van der Waals surface area contributed by atoms with Crippen molar-refractivity contribution in [1.82, 2.24) is 8.96 Å². The van der Waals surface area contributed by atoms with Gasteiger partial charge in [-0.05, 0) is 17.5 Å². The van der Waals surface area contributed by atoms with Gasteiger partial charge < -0.3 is 5.11 Å². The Hall–Kier alpha value is -1.37. The Kier molecular flexibility index (Phi) is 1.67. The molecule has 1 N–H and O–H groups in total. The van der Waals surface area contributed by atoms with Gasteiger partial charge in [0, 0.05) is 5.92 Å². The van der Waals surface area contributed by atoms with Crippen LogP contribution >= 0.6 is 11.1 Å². The van der Waals surface area contributed by atoms with Gasteiger partial charge in [0.1, 0.15) is 12.5 Å². The maximum atomic E-state index is 12.9. The van der Waals surface area contributed by atoms with Gasteiger partial charge in [0.2, 0.25) is 0 Å². The fourth-order valence-corrected chi connectivity index (χ4v) is 3.50. The van der Waals surface area contributed by atoms with Crippen LogP contribution in [0.4, 0.5) is 15.0 Å². The smallest absolute Gasteiger partial charge is 0.367 e. The van der Waals surface area contributed by atoms with Crippen molar-refractivity contribution in [1.29, 1.82) is 0 Å². The number of carbonyl (C=O) groups is 1. The molecule has 1 fully saturated rings. The molecule has 1 aromatic rings. The van der Waals surface area contributed by atoms with E-state index in [1.807, 2.05) is 0 Å². The number of hydrogen-bond acceptors (Lipinski definition) is 3. The van der Waals surface area contributed by atoms with Crippen molar-refractivity contribution in [2.24, 2.45) is 10.9 Å². The molecule has 0 bridgehead atoms. The molecule has 1 aliphatic heterocycles. The van der Waals surface area contributed by atoms with E-state index < -0.39 is 22.6 Å². The van der Waals surface area contributed by atoms with Gasteiger partial charge in [-0.2, -0.15) is 0 Å². The average molecular weight is 229 g/mol. The summed E-state index contributed by atoms with van der Waals surface area (Å²) in [5.74, 6) is 0.240. The van der Waals surface area contributed by atoms with E-state index in [1.54, 1.807) is 0 Å². The minimum Gasteiger partial charge on any atom is -0.473 e. The first-order valence-electron chi connectivity index (χ1n) is 4.47. The van der Waals surface area contributed by atoms with E-state index in [9.17, 15) is 9.18 Å². The molecule has 2 heterocycles. The second-order valence-electron chi connectivity index (χ2n) is 3.52. The summed E-state index contributed by atoms with van der Waals surface area (Å²) in [6.45, 7) is 0. The number of carboxylic acid groups (broad SMARTS) is 1. The van der Waals surface area contributed by atoms with Crippen LogP contribution in [-0.2, 0) is 0 Å². The standard InChI is InChI=1S/C8H8FN3O2S/c9-5-1-4(5)7-11-6-2-10-3-12(6)15(7)8(13)14/h2-5,15H,1H2,(H,13,14)/t4-,5-/m1/s1. The number of aromatic nitrogens is 2. The second kappa shape index (κ2) is 2.82. The summed E-state index contributed by atoms with van der Waals surface area (Å²) in [4.78, 5) is 19.1. The second-order valence-corrected chi connectivity index (χ2v) is 5.41. The molecule has 0 aromatic carbocycles. The van der Waals surface area contributed by atoms with Crippen molar-refractivity contribution >= 4 is 27.2 Å². The van der Waals surface area contributed by atoms with Crippen molar-refractivity contribution in [2.75, 3.05) is 0 Å². The van der Waals surface area contributed by atoms with Crippen molar-refractivity contribution in [3.63, 3.8) is 0 Å². The molecule has 15 heavy (non-hydrogen) atoms. The number of imidazole rings is 1. The topological polar surface area (TPSA) is 67.5 Å². The number of nitrogens with zero attached hydrogens (tertiary/aromatic N) is 3. The van der Waals surface area contributed by atoms with Crippen molar-refractivity contribution < 1.29 is 14.3 Å². The first kappa shape index (κ1) is 8.90. The fraction of sp³-hybridized carbons (Fsp3) is 0.375. The highest BCUT2D eigenvalue weighted by atomic mass is 32.2. The van der Waals surface area contributed by atoms with Gasteiger partial charge in [-0.1, -0.05) is 0 Å². The third-order valence-electron chi connectivity index (χ3n) is 2.49. The molecule has 0 spiro atoms. The van der Waals surface area contributed by atoms with E-state index in [0.29, 0.717) is 17.3 Å². The van der Waals surface area contributed by atoms with E-state index >= 15 is 0 Å². The number of alkyl halides is 1. The van der Waals surface area contributed by atoms with Gasteiger partial charge >= 0.3 is 5.30 Å². The molecule has 3 atom stereocenters. The number of rotatable bonds is 1. The Bertz CT molecular complexity index is 472. The lowest BCUT2D eigenvalue weighted by Gasteiger charge is -2.13. The van der Waals surface area contributed by atoms with Gasteiger partial charge in [-0.25, -0.2) is 19.2 Å². The zero-order chi connectivity index (χ0) is 10.6. The van der Waals surface area contributed by atoms with Crippen LogP contribution in [0.2, 0.25) is 0 Å². The summed E-state index contributed by atoms with van der Waals surface area (Å²) in [6.07, 6.45) is 2.44. The van der Waals surface area contributed by atoms with E-state index in [4.69, 9.17) is 5.11 Å². The van der Waals surface area contributed by atoms with Crippen LogP contribution in [0.25, 0.3) is 0 Å². The van der Waals surface area contributed by atoms with Gasteiger partial charge in [0.25, 0.3) is 0 Å². The molecular formula is C8H8FN3O2S. The number of halogens is 1. The third kappa shape index (κ3) is 1.19. The number of hydrogen-bond donors (Lipinski definition) is 2. The lowest BCUT2D eigenvalue weighted by molar-refractivity contribution is 0.222. The van der Waals surface area contributed by atoms with Crippen LogP contribution in [0.5, 0.6) is 0 Å². The number of thiol groups is 1. The Morgan fingerprint density at radius 1 is 1.73 bits per heavy atom. The van der Waals surface area contributed by atoms with Crippen LogP contribution in [0.3, 0.4) is 0 Å². The lowest BCUT2D eigenvalue weighted by atomic mass is 10.4. The largest absolute Gasteiger partial charge is 0.473 e. The quantitative estimate of drug-likeness (QED) is 0.720. The van der Waals surface area contributed by atoms with Gasteiger partial charge in [-0.15, -0.1) is 0 Å². The van der Waals surface area contributed by atoms with Crippen LogP contribution in [0, 0.1) is 5.92 Å². The monoisotopic (exact) mass is 229 g/mol. The van der Waals surface area contributed by atoms with Crippen LogP contribution in [0.1, 0.15) is 6.42 Å². The molecule has 7 heteroatoms. The van der Waals surface area contributed by atoms with E-state index in [-0.39, 0.29) is 5.92 Å². The predicted molar refractivity (Wildman–Crippen MR) is 54.7 cm³/mol. The van der Waals surface area contributed by atoms with Crippen LogP contribution < -0.4 is 0 Å². The lowest BCUT2D eigenvalue weighted by Crippen LogP contribution is -2.11. The SMILES string of the molecule is O=C(O)[SH]1C([C@@H]2C[C@H]2F)=Nc2cncn21. The molecule has 5 nitrogen and oxygen atoms in total. The normalized spacial score (nSPS) is 34.7. The third-order valence-corrected chi connectivity index (χ3v) is 4.45. The molecule has 1 aromatic heterocycles. The van der Waals surface area contributed by atoms with E-state index in [0.717, 1.165) is 0 Å². The van der Waals surface area contributed by atoms with Crippen LogP contribution in [0.15, 0.2) is 17.5 Å². The molecule has 3 rings (SSSR count). The maximum absolute atomic E-state index is 12.9. The first-order valence-corrected chi connectivity index (χ1v) is 5.76. The van der Waals surface area contributed by atoms with Gasteiger partial charge in [-0.3, -0.25) is 3.97 Å². The Morgan fingerprint density at radius 2 is 2.47 bits per heavy atom. The van der Waals surface area contributed by atoms with Crippen molar-refractivity contribution in [2.45, 2.75) is 12.6 Å². The summed E-state index contributed by atoms with van der Waals surface area (Å²) in [7, 11) is 0. The van der Waals surface area contributed by atoms with E-state index in [1.165, 1.54) is 16.5 Å². The summed E-state index contributed by atoms with van der Waals surface area (Å²) < 4.78 is 14.4. The molecule has 0 saturated heterocycles. The summed E-state index contributed by atoms with van der Waals surface area (Å²) >= 11 is -1.57. The Balaban J connectivity index is 2.02. The molecule has 1 unspecified atom stereocenters. The molecule has 1 saturated carbocycles. The maximum Gasteiger partial charge on any atom is 0.367 e. The highest BCUT2D eigenvalue weighted by molar-refractivity contribution is 8.40. The van der Waals surface area contributed by atoms with E-state index in [2.05, 4.69) is 9.98 Å². The first-order chi connectivity index (χ1) is 7.18. The van der Waals surface area contributed by atoms with Crippen LogP contribution in [-0.4, -0.2) is 30.6 Å². The zero-order valence-corrected chi connectivity index (χ0v) is 8.43. The molecule has 0 radical (unpaired) electrons. The average Bonchev–Trinajstić information content (AvgIpc) is 2.62. The molecule has 2 aliphatic rings. The Morgan fingerprint density at radius 3 is 3.07 bits per heavy atom. The zero-order valence-electron chi connectivity index (χ0n) is 7.54. The highest BCUT2D eigenvalue weighted by Crippen LogP contribution is 2.51. The summed E-state index contributed by atoms with van der Waals surface area (Å²) in [6, 6.07) is 0. The van der Waals surface area contributed by atoms with Crippen molar-refractivity contribution in [3.05, 3.63) is 12.5 Å².